The normalized spacial score (nSPS) is 12.5. The zero-order valence-corrected chi connectivity index (χ0v) is 6.87. The largest absolute Gasteiger partial charge is 0.497 e. The van der Waals surface area contributed by atoms with Gasteiger partial charge in [-0.05, 0) is 12.1 Å². The summed E-state index contributed by atoms with van der Waals surface area (Å²) in [6, 6.07) is 7.78. The van der Waals surface area contributed by atoms with Crippen molar-refractivity contribution in [2.24, 2.45) is 0 Å². The lowest BCUT2D eigenvalue weighted by molar-refractivity contribution is 0.414. The Morgan fingerprint density at radius 2 is 1.82 bits per heavy atom. The maximum Gasteiger partial charge on any atom is 0.118 e. The molecule has 0 bridgehead atoms. The predicted molar refractivity (Wildman–Crippen MR) is 47.2 cm³/mol. The molecule has 2 heteroatoms. The standard InChI is InChI=1S/C9H11BO/c1-7(10)8-3-5-9(11-2)6-4-8/h3-7H,1-2H3. The maximum atomic E-state index is 5.66. The Bertz CT molecular complexity index is 216. The van der Waals surface area contributed by atoms with Crippen LogP contribution in [0, 0.1) is 0 Å². The Labute approximate surface area is 68.8 Å². The molecule has 0 saturated heterocycles. The summed E-state index contributed by atoms with van der Waals surface area (Å²) in [4.78, 5) is 0. The molecule has 0 saturated carbocycles. The van der Waals surface area contributed by atoms with Crippen LogP contribution in [0.1, 0.15) is 18.3 Å². The summed E-state index contributed by atoms with van der Waals surface area (Å²) >= 11 is 0. The summed E-state index contributed by atoms with van der Waals surface area (Å²) in [5.74, 6) is 0.968. The van der Waals surface area contributed by atoms with Crippen LogP contribution in [0.5, 0.6) is 5.75 Å². The summed E-state index contributed by atoms with van der Waals surface area (Å²) in [6.45, 7) is 1.96. The smallest absolute Gasteiger partial charge is 0.118 e. The highest BCUT2D eigenvalue weighted by Crippen LogP contribution is 2.16. The maximum absolute atomic E-state index is 5.66. The first-order valence-corrected chi connectivity index (χ1v) is 3.63. The molecule has 0 aliphatic rings. The summed E-state index contributed by atoms with van der Waals surface area (Å²) in [6.07, 6.45) is 0. The van der Waals surface area contributed by atoms with Gasteiger partial charge < -0.3 is 4.74 Å². The monoisotopic (exact) mass is 146 g/mol. The van der Waals surface area contributed by atoms with Gasteiger partial charge in [0.25, 0.3) is 0 Å². The number of hydrogen-bond acceptors (Lipinski definition) is 1. The third-order valence-corrected chi connectivity index (χ3v) is 1.64. The number of ether oxygens (including phenoxy) is 1. The van der Waals surface area contributed by atoms with E-state index in [0.717, 1.165) is 11.3 Å². The van der Waals surface area contributed by atoms with E-state index in [2.05, 4.69) is 0 Å². The molecule has 0 heterocycles. The lowest BCUT2D eigenvalue weighted by Crippen LogP contribution is -1.91. The van der Waals surface area contributed by atoms with Gasteiger partial charge in [0.1, 0.15) is 5.75 Å². The van der Waals surface area contributed by atoms with Crippen molar-refractivity contribution in [2.75, 3.05) is 7.11 Å². The number of methoxy groups -OCH3 is 1. The van der Waals surface area contributed by atoms with Gasteiger partial charge in [0, 0.05) is 0 Å². The van der Waals surface area contributed by atoms with Crippen molar-refractivity contribution in [3.05, 3.63) is 29.8 Å². The Morgan fingerprint density at radius 1 is 1.27 bits per heavy atom. The molecule has 0 aliphatic heterocycles. The minimum Gasteiger partial charge on any atom is -0.497 e. The molecular weight excluding hydrogens is 135 g/mol. The van der Waals surface area contributed by atoms with Crippen molar-refractivity contribution in [3.8, 4) is 5.75 Å². The van der Waals surface area contributed by atoms with Crippen LogP contribution in [-0.2, 0) is 0 Å². The van der Waals surface area contributed by atoms with Gasteiger partial charge in [0.15, 0.2) is 0 Å². The quantitative estimate of drug-likeness (QED) is 0.579. The molecule has 0 aromatic heterocycles. The van der Waals surface area contributed by atoms with Crippen molar-refractivity contribution < 1.29 is 4.74 Å². The van der Waals surface area contributed by atoms with E-state index in [1.165, 1.54) is 0 Å². The molecule has 0 spiro atoms. The lowest BCUT2D eigenvalue weighted by Gasteiger charge is -2.05. The Morgan fingerprint density at radius 3 is 2.18 bits per heavy atom. The molecular formula is C9H11BO. The average Bonchev–Trinajstić information content (AvgIpc) is 2.05. The number of benzene rings is 1. The second kappa shape index (κ2) is 3.47. The van der Waals surface area contributed by atoms with Gasteiger partial charge in [0.05, 0.1) is 15.0 Å². The summed E-state index contributed by atoms with van der Waals surface area (Å²) < 4.78 is 5.01. The topological polar surface area (TPSA) is 9.23 Å². The van der Waals surface area contributed by atoms with Gasteiger partial charge >= 0.3 is 0 Å². The lowest BCUT2D eigenvalue weighted by atomic mass is 9.83. The van der Waals surface area contributed by atoms with E-state index in [9.17, 15) is 0 Å². The highest BCUT2D eigenvalue weighted by Gasteiger charge is 1.97. The van der Waals surface area contributed by atoms with Gasteiger partial charge in [-0.3, -0.25) is 0 Å². The molecule has 1 atom stereocenters. The van der Waals surface area contributed by atoms with E-state index in [4.69, 9.17) is 12.6 Å². The molecule has 1 aromatic carbocycles. The van der Waals surface area contributed by atoms with Crippen molar-refractivity contribution in [2.45, 2.75) is 12.7 Å². The average molecular weight is 146 g/mol. The number of hydrogen-bond donors (Lipinski definition) is 0. The Hall–Kier alpha value is -0.915. The minimum atomic E-state index is 0.0981. The van der Waals surface area contributed by atoms with Crippen LogP contribution in [0.2, 0.25) is 0 Å². The van der Waals surface area contributed by atoms with Gasteiger partial charge in [-0.25, -0.2) is 0 Å². The highest BCUT2D eigenvalue weighted by atomic mass is 16.5. The molecule has 1 unspecified atom stereocenters. The molecule has 0 amide bonds. The first-order chi connectivity index (χ1) is 5.24. The van der Waals surface area contributed by atoms with Gasteiger partial charge in [-0.15, -0.1) is 0 Å². The van der Waals surface area contributed by atoms with Crippen LogP contribution < -0.4 is 4.74 Å². The summed E-state index contributed by atoms with van der Waals surface area (Å²) in [5.41, 5.74) is 1.13. The van der Waals surface area contributed by atoms with E-state index < -0.39 is 0 Å². The van der Waals surface area contributed by atoms with E-state index in [-0.39, 0.29) is 5.82 Å². The SMILES string of the molecule is [B]C(C)c1ccc(OC)cc1. The van der Waals surface area contributed by atoms with Gasteiger partial charge in [-0.2, -0.15) is 0 Å². The number of rotatable bonds is 2. The van der Waals surface area contributed by atoms with E-state index in [0.29, 0.717) is 0 Å². The third-order valence-electron chi connectivity index (χ3n) is 1.64. The van der Waals surface area contributed by atoms with E-state index >= 15 is 0 Å². The molecule has 2 radical (unpaired) electrons. The second-order valence-electron chi connectivity index (χ2n) is 2.56. The van der Waals surface area contributed by atoms with E-state index in [1.807, 2.05) is 31.2 Å². The van der Waals surface area contributed by atoms with Crippen molar-refractivity contribution in [1.29, 1.82) is 0 Å². The molecule has 1 nitrogen and oxygen atoms in total. The Balaban J connectivity index is 2.83. The van der Waals surface area contributed by atoms with Crippen molar-refractivity contribution in [1.82, 2.24) is 0 Å². The van der Waals surface area contributed by atoms with Crippen molar-refractivity contribution in [3.63, 3.8) is 0 Å². The zero-order valence-electron chi connectivity index (χ0n) is 6.87. The van der Waals surface area contributed by atoms with Crippen LogP contribution in [0.3, 0.4) is 0 Å². The predicted octanol–water partition coefficient (Wildman–Crippen LogP) is 1.92. The van der Waals surface area contributed by atoms with E-state index in [1.54, 1.807) is 7.11 Å². The van der Waals surface area contributed by atoms with Crippen LogP contribution in [0.4, 0.5) is 0 Å². The fourth-order valence-corrected chi connectivity index (χ4v) is 0.907. The summed E-state index contributed by atoms with van der Waals surface area (Å²) in [5, 5.41) is 0. The van der Waals surface area contributed by atoms with Crippen LogP contribution in [-0.4, -0.2) is 15.0 Å². The minimum absolute atomic E-state index is 0.0981. The van der Waals surface area contributed by atoms with Crippen LogP contribution in [0.15, 0.2) is 24.3 Å². The summed E-state index contributed by atoms with van der Waals surface area (Å²) in [7, 11) is 7.32. The fraction of sp³-hybridized carbons (Fsp3) is 0.333. The Kier molecular flexibility index (Phi) is 2.58. The second-order valence-corrected chi connectivity index (χ2v) is 2.56. The van der Waals surface area contributed by atoms with Gasteiger partial charge in [0.2, 0.25) is 0 Å². The fourth-order valence-electron chi connectivity index (χ4n) is 0.907. The van der Waals surface area contributed by atoms with Crippen molar-refractivity contribution >= 4 is 7.85 Å². The van der Waals surface area contributed by atoms with Gasteiger partial charge in [-0.1, -0.05) is 30.4 Å². The molecule has 0 fully saturated rings. The van der Waals surface area contributed by atoms with Crippen LogP contribution >= 0.6 is 0 Å². The van der Waals surface area contributed by atoms with Crippen LogP contribution in [0.25, 0.3) is 0 Å². The first-order valence-electron chi connectivity index (χ1n) is 3.63. The molecule has 1 aromatic rings. The third kappa shape index (κ3) is 2.00. The molecule has 0 N–H and O–H groups in total. The highest BCUT2D eigenvalue weighted by molar-refractivity contribution is 6.12. The molecule has 1 rings (SSSR count). The first kappa shape index (κ1) is 8.18. The molecule has 11 heavy (non-hydrogen) atoms. The molecule has 0 aliphatic carbocycles. The zero-order chi connectivity index (χ0) is 8.27. The molecule has 56 valence electrons.